The number of anilines is 1. The Kier molecular flexibility index (Phi) is 6.65. The highest BCUT2D eigenvalue weighted by Crippen LogP contribution is 2.29. The van der Waals surface area contributed by atoms with Gasteiger partial charge in [-0.05, 0) is 105 Å². The number of carbonyl (C=O) groups excluding carboxylic acids is 3. The second-order valence-corrected chi connectivity index (χ2v) is 9.29. The van der Waals surface area contributed by atoms with E-state index < -0.39 is 17.8 Å². The number of carbonyl (C=O) groups is 3. The summed E-state index contributed by atoms with van der Waals surface area (Å²) in [4.78, 5) is 39.9. The highest BCUT2D eigenvalue weighted by molar-refractivity contribution is 7.80. The van der Waals surface area contributed by atoms with Gasteiger partial charge < -0.3 is 9.30 Å². The first kappa shape index (κ1) is 25.1. The Hall–Kier alpha value is -4.04. The summed E-state index contributed by atoms with van der Waals surface area (Å²) in [5, 5.41) is 2.70. The number of amides is 2. The molecule has 0 aliphatic carbocycles. The molecule has 184 valence electrons. The first-order valence-corrected chi connectivity index (χ1v) is 11.8. The summed E-state index contributed by atoms with van der Waals surface area (Å²) in [5.41, 5.74) is 7.03. The van der Waals surface area contributed by atoms with Gasteiger partial charge in [0.15, 0.2) is 5.11 Å². The van der Waals surface area contributed by atoms with Crippen molar-refractivity contribution >= 4 is 46.9 Å². The molecule has 1 aromatic heterocycles. The van der Waals surface area contributed by atoms with Gasteiger partial charge >= 0.3 is 5.97 Å². The van der Waals surface area contributed by atoms with Crippen LogP contribution in [0.15, 0.2) is 48.0 Å². The molecule has 0 saturated carbocycles. The SMILES string of the molecule is COC(=O)c1cccc(-n2c(C)cc(/C=C3\C(=O)NC(=S)N(c4cc(C)cc(C)c4)C3=O)c2C)c1C. The van der Waals surface area contributed by atoms with Crippen LogP contribution in [0.3, 0.4) is 0 Å². The number of benzene rings is 2. The first-order chi connectivity index (χ1) is 17.0. The third kappa shape index (κ3) is 4.35. The molecule has 1 N–H and O–H groups in total. The molecule has 1 saturated heterocycles. The minimum Gasteiger partial charge on any atom is -0.465 e. The van der Waals surface area contributed by atoms with Crippen molar-refractivity contribution < 1.29 is 19.1 Å². The Balaban J connectivity index is 1.80. The maximum Gasteiger partial charge on any atom is 0.338 e. The van der Waals surface area contributed by atoms with Gasteiger partial charge in [0.1, 0.15) is 5.57 Å². The fraction of sp³-hybridized carbons (Fsp3) is 0.214. The fourth-order valence-electron chi connectivity index (χ4n) is 4.63. The molecule has 36 heavy (non-hydrogen) atoms. The molecular formula is C28H27N3O4S. The second kappa shape index (κ2) is 9.54. The number of methoxy groups -OCH3 is 1. The summed E-state index contributed by atoms with van der Waals surface area (Å²) in [5.74, 6) is -1.44. The molecule has 2 aromatic carbocycles. The van der Waals surface area contributed by atoms with Gasteiger partial charge in [0.2, 0.25) is 0 Å². The zero-order chi connectivity index (χ0) is 26.3. The van der Waals surface area contributed by atoms with Crippen molar-refractivity contribution in [1.29, 1.82) is 0 Å². The molecule has 1 fully saturated rings. The predicted molar refractivity (Wildman–Crippen MR) is 143 cm³/mol. The normalized spacial score (nSPS) is 14.9. The van der Waals surface area contributed by atoms with Crippen LogP contribution in [0.1, 0.15) is 44.0 Å². The van der Waals surface area contributed by atoms with Gasteiger partial charge in [-0.2, -0.15) is 0 Å². The van der Waals surface area contributed by atoms with Gasteiger partial charge in [0, 0.05) is 17.1 Å². The highest BCUT2D eigenvalue weighted by Gasteiger charge is 2.35. The molecule has 1 aliphatic rings. The number of esters is 1. The van der Waals surface area contributed by atoms with E-state index in [1.165, 1.54) is 12.0 Å². The largest absolute Gasteiger partial charge is 0.465 e. The van der Waals surface area contributed by atoms with E-state index in [2.05, 4.69) is 5.32 Å². The van der Waals surface area contributed by atoms with Crippen LogP contribution in [0.2, 0.25) is 0 Å². The van der Waals surface area contributed by atoms with Gasteiger partial charge in [-0.1, -0.05) is 12.1 Å². The number of hydrogen-bond acceptors (Lipinski definition) is 5. The lowest BCUT2D eigenvalue weighted by molar-refractivity contribution is -0.122. The van der Waals surface area contributed by atoms with Crippen molar-refractivity contribution in [3.05, 3.63) is 87.2 Å². The van der Waals surface area contributed by atoms with Crippen molar-refractivity contribution in [1.82, 2.24) is 9.88 Å². The standard InChI is InChI=1S/C28H27N3O4S/c1-15-10-16(2)12-21(11-15)31-26(33)23(25(32)29-28(31)36)14-20-13-17(3)30(19(20)5)24-9-7-8-22(18(24)4)27(34)35-6/h7-14H,1-6H3,(H,29,32,36)/b23-14+. The summed E-state index contributed by atoms with van der Waals surface area (Å²) in [7, 11) is 1.35. The average Bonchev–Trinajstić information content (AvgIpc) is 3.08. The summed E-state index contributed by atoms with van der Waals surface area (Å²) < 4.78 is 6.90. The maximum atomic E-state index is 13.5. The van der Waals surface area contributed by atoms with Crippen molar-refractivity contribution in [3.8, 4) is 5.69 Å². The third-order valence-corrected chi connectivity index (χ3v) is 6.57. The Labute approximate surface area is 215 Å². The van der Waals surface area contributed by atoms with E-state index in [1.807, 2.05) is 69.5 Å². The summed E-state index contributed by atoms with van der Waals surface area (Å²) in [6.45, 7) is 9.57. The number of rotatable bonds is 4. The van der Waals surface area contributed by atoms with Crippen LogP contribution >= 0.6 is 12.2 Å². The first-order valence-electron chi connectivity index (χ1n) is 11.4. The molecule has 0 unspecified atom stereocenters. The van der Waals surface area contributed by atoms with Crippen LogP contribution in [0.25, 0.3) is 11.8 Å². The lowest BCUT2D eigenvalue weighted by Gasteiger charge is -2.29. The quantitative estimate of drug-likeness (QED) is 0.244. The second-order valence-electron chi connectivity index (χ2n) is 8.91. The van der Waals surface area contributed by atoms with Gasteiger partial charge in [-0.25, -0.2) is 4.79 Å². The van der Waals surface area contributed by atoms with E-state index >= 15 is 0 Å². The van der Waals surface area contributed by atoms with Crippen molar-refractivity contribution in [2.75, 3.05) is 12.0 Å². The van der Waals surface area contributed by atoms with E-state index in [-0.39, 0.29) is 10.7 Å². The number of aryl methyl sites for hydroxylation is 3. The van der Waals surface area contributed by atoms with Crippen LogP contribution in [0.4, 0.5) is 5.69 Å². The Bertz CT molecular complexity index is 1460. The summed E-state index contributed by atoms with van der Waals surface area (Å²) >= 11 is 5.34. The number of nitrogens with one attached hydrogen (secondary N) is 1. The Morgan fingerprint density at radius 3 is 2.31 bits per heavy atom. The zero-order valence-electron chi connectivity index (χ0n) is 21.1. The highest BCUT2D eigenvalue weighted by atomic mass is 32.1. The fourth-order valence-corrected chi connectivity index (χ4v) is 4.91. The van der Waals surface area contributed by atoms with E-state index in [9.17, 15) is 14.4 Å². The Morgan fingerprint density at radius 1 is 1.00 bits per heavy atom. The molecule has 7 nitrogen and oxygen atoms in total. The van der Waals surface area contributed by atoms with Gasteiger partial charge in [-0.15, -0.1) is 0 Å². The van der Waals surface area contributed by atoms with E-state index in [0.717, 1.165) is 33.8 Å². The molecule has 0 spiro atoms. The molecule has 0 bridgehead atoms. The number of thiocarbonyl (C=S) groups is 1. The van der Waals surface area contributed by atoms with Crippen molar-refractivity contribution in [2.24, 2.45) is 0 Å². The minimum atomic E-state index is -0.542. The van der Waals surface area contributed by atoms with Crippen LogP contribution in [-0.4, -0.2) is 34.6 Å². The smallest absolute Gasteiger partial charge is 0.338 e. The number of ether oxygens (including phenoxy) is 1. The number of hydrogen-bond donors (Lipinski definition) is 1. The molecular weight excluding hydrogens is 474 g/mol. The van der Waals surface area contributed by atoms with E-state index in [4.69, 9.17) is 17.0 Å². The predicted octanol–water partition coefficient (Wildman–Crippen LogP) is 4.64. The van der Waals surface area contributed by atoms with Crippen LogP contribution in [-0.2, 0) is 14.3 Å². The monoisotopic (exact) mass is 501 g/mol. The van der Waals surface area contributed by atoms with Gasteiger partial charge in [0.25, 0.3) is 11.8 Å². The van der Waals surface area contributed by atoms with Crippen LogP contribution < -0.4 is 10.2 Å². The molecule has 3 aromatic rings. The molecule has 2 amide bonds. The van der Waals surface area contributed by atoms with E-state index in [1.54, 1.807) is 18.2 Å². The molecule has 0 radical (unpaired) electrons. The summed E-state index contributed by atoms with van der Waals surface area (Å²) in [6, 6.07) is 13.1. The Morgan fingerprint density at radius 2 is 1.67 bits per heavy atom. The topological polar surface area (TPSA) is 80.6 Å². The molecule has 1 aliphatic heterocycles. The molecule has 0 atom stereocenters. The molecule has 2 heterocycles. The van der Waals surface area contributed by atoms with Crippen LogP contribution in [0.5, 0.6) is 0 Å². The molecule has 8 heteroatoms. The van der Waals surface area contributed by atoms with Crippen molar-refractivity contribution in [3.63, 3.8) is 0 Å². The number of nitrogens with zero attached hydrogens (tertiary/aromatic N) is 2. The molecule has 4 rings (SSSR count). The third-order valence-electron chi connectivity index (χ3n) is 6.29. The lowest BCUT2D eigenvalue weighted by atomic mass is 10.1. The van der Waals surface area contributed by atoms with E-state index in [0.29, 0.717) is 16.8 Å². The van der Waals surface area contributed by atoms with Crippen molar-refractivity contribution in [2.45, 2.75) is 34.6 Å². The van der Waals surface area contributed by atoms with Crippen LogP contribution in [0, 0.1) is 34.6 Å². The summed E-state index contributed by atoms with van der Waals surface area (Å²) in [6.07, 6.45) is 1.59. The van der Waals surface area contributed by atoms with Gasteiger partial charge in [0.05, 0.1) is 18.4 Å². The average molecular weight is 502 g/mol. The zero-order valence-corrected chi connectivity index (χ0v) is 21.9. The van der Waals surface area contributed by atoms with Gasteiger partial charge in [-0.3, -0.25) is 19.8 Å². The maximum absolute atomic E-state index is 13.5. The number of aromatic nitrogens is 1. The minimum absolute atomic E-state index is 0.0111. The lowest BCUT2D eigenvalue weighted by Crippen LogP contribution is -2.54.